The second-order valence-corrected chi connectivity index (χ2v) is 13.5. The highest BCUT2D eigenvalue weighted by atomic mass is 16.5. The van der Waals surface area contributed by atoms with Crippen LogP contribution in [0, 0.1) is 23.7 Å². The third-order valence-corrected chi connectivity index (χ3v) is 11.5. The van der Waals surface area contributed by atoms with E-state index in [1.165, 1.54) is 134 Å². The molecule has 0 aromatic heterocycles. The normalized spacial score (nSPS) is 37.5. The number of esters is 1. The fourth-order valence-electron chi connectivity index (χ4n) is 9.52. The number of hydrogen-bond donors (Lipinski definition) is 0. The van der Waals surface area contributed by atoms with Gasteiger partial charge in [-0.1, -0.05) is 70.8 Å². The van der Waals surface area contributed by atoms with E-state index in [1.807, 2.05) is 0 Å². The molecule has 5 fully saturated rings. The van der Waals surface area contributed by atoms with Gasteiger partial charge in [0.05, 0.1) is 0 Å². The maximum Gasteiger partial charge on any atom is 0.330 e. The first kappa shape index (κ1) is 26.8. The van der Waals surface area contributed by atoms with Crippen molar-refractivity contribution in [3.8, 4) is 0 Å². The van der Waals surface area contributed by atoms with E-state index in [0.29, 0.717) is 6.04 Å². The summed E-state index contributed by atoms with van der Waals surface area (Å²) in [6, 6.07) is 2.31. The molecule has 204 valence electrons. The van der Waals surface area contributed by atoms with Crippen molar-refractivity contribution < 1.29 is 9.53 Å². The van der Waals surface area contributed by atoms with Crippen molar-refractivity contribution in [1.29, 1.82) is 0 Å². The van der Waals surface area contributed by atoms with Gasteiger partial charge < -0.3 is 4.74 Å². The maximum absolute atomic E-state index is 11.8. The Morgan fingerprint density at radius 3 is 1.28 bits per heavy atom. The summed E-state index contributed by atoms with van der Waals surface area (Å²) < 4.78 is 5.65. The molecule has 5 aliphatic rings. The Morgan fingerprint density at radius 1 is 0.528 bits per heavy atom. The van der Waals surface area contributed by atoms with Crippen LogP contribution in [0.15, 0.2) is 12.7 Å². The van der Waals surface area contributed by atoms with E-state index < -0.39 is 0 Å². The first-order valence-electron chi connectivity index (χ1n) is 16.3. The average molecular weight is 498 g/mol. The molecular weight excluding hydrogens is 442 g/mol. The van der Waals surface area contributed by atoms with Crippen molar-refractivity contribution in [2.45, 2.75) is 165 Å². The predicted octanol–water partition coefficient (Wildman–Crippen LogP) is 8.61. The van der Waals surface area contributed by atoms with Crippen molar-refractivity contribution >= 4 is 5.97 Å². The number of rotatable bonds is 7. The van der Waals surface area contributed by atoms with E-state index in [1.54, 1.807) is 0 Å². The largest absolute Gasteiger partial charge is 0.459 e. The molecular formula is C33H55NO2. The number of nitrogens with zero attached hydrogens (tertiary/aromatic N) is 1. The summed E-state index contributed by atoms with van der Waals surface area (Å²) in [5.41, 5.74) is 0. The van der Waals surface area contributed by atoms with E-state index in [0.717, 1.165) is 48.6 Å². The minimum absolute atomic E-state index is 0.109. The van der Waals surface area contributed by atoms with Crippen molar-refractivity contribution in [2.75, 3.05) is 0 Å². The first-order valence-corrected chi connectivity index (χ1v) is 16.3. The zero-order valence-electron chi connectivity index (χ0n) is 23.2. The molecule has 0 unspecified atom stereocenters. The minimum Gasteiger partial charge on any atom is -0.459 e. The van der Waals surface area contributed by atoms with E-state index in [2.05, 4.69) is 11.5 Å². The smallest absolute Gasteiger partial charge is 0.330 e. The molecule has 3 nitrogen and oxygen atoms in total. The summed E-state index contributed by atoms with van der Waals surface area (Å²) in [4.78, 5) is 14.9. The Hall–Kier alpha value is -0.830. The summed E-state index contributed by atoms with van der Waals surface area (Å²) in [5, 5.41) is 0. The fraction of sp³-hybridized carbons (Fsp3) is 0.909. The van der Waals surface area contributed by atoms with Crippen LogP contribution in [0.4, 0.5) is 0 Å². The SMILES string of the molecule is C=CC(=O)OC1CCC(N(C2CCC(C3CCCCC3)CC2)C2CCC(C3CCCCC3)CC2)CC1. The van der Waals surface area contributed by atoms with E-state index in [9.17, 15) is 4.79 Å². The van der Waals surface area contributed by atoms with Crippen LogP contribution in [0.25, 0.3) is 0 Å². The van der Waals surface area contributed by atoms with Crippen LogP contribution in [0.3, 0.4) is 0 Å². The van der Waals surface area contributed by atoms with Crippen molar-refractivity contribution in [1.82, 2.24) is 4.90 Å². The lowest BCUT2D eigenvalue weighted by Gasteiger charge is -2.50. The van der Waals surface area contributed by atoms with Crippen LogP contribution in [0.1, 0.15) is 141 Å². The first-order chi connectivity index (χ1) is 17.7. The molecule has 36 heavy (non-hydrogen) atoms. The highest BCUT2D eigenvalue weighted by Crippen LogP contribution is 2.44. The van der Waals surface area contributed by atoms with Gasteiger partial charge in [-0.15, -0.1) is 0 Å². The minimum atomic E-state index is -0.239. The molecule has 0 saturated heterocycles. The van der Waals surface area contributed by atoms with Gasteiger partial charge >= 0.3 is 5.97 Å². The summed E-state index contributed by atoms with van der Waals surface area (Å²) in [6.45, 7) is 3.59. The van der Waals surface area contributed by atoms with Gasteiger partial charge in [0.1, 0.15) is 6.10 Å². The van der Waals surface area contributed by atoms with Gasteiger partial charge in [0.2, 0.25) is 0 Å². The van der Waals surface area contributed by atoms with Gasteiger partial charge in [-0.2, -0.15) is 0 Å². The summed E-state index contributed by atoms with van der Waals surface area (Å²) in [7, 11) is 0. The van der Waals surface area contributed by atoms with E-state index in [4.69, 9.17) is 4.74 Å². The Kier molecular flexibility index (Phi) is 9.89. The molecule has 0 heterocycles. The molecule has 0 aromatic rings. The Morgan fingerprint density at radius 2 is 0.889 bits per heavy atom. The molecule has 0 aromatic carbocycles. The van der Waals surface area contributed by atoms with Gasteiger partial charge in [0.25, 0.3) is 0 Å². The van der Waals surface area contributed by atoms with Crippen LogP contribution in [0.5, 0.6) is 0 Å². The average Bonchev–Trinajstić information content (AvgIpc) is 2.96. The lowest BCUT2D eigenvalue weighted by Crippen LogP contribution is -2.53. The monoisotopic (exact) mass is 497 g/mol. The molecule has 0 atom stereocenters. The van der Waals surface area contributed by atoms with Crippen LogP contribution >= 0.6 is 0 Å². The predicted molar refractivity (Wildman–Crippen MR) is 149 cm³/mol. The zero-order chi connectivity index (χ0) is 24.7. The fourth-order valence-corrected chi connectivity index (χ4v) is 9.52. The zero-order valence-corrected chi connectivity index (χ0v) is 23.2. The van der Waals surface area contributed by atoms with Crippen LogP contribution in [-0.2, 0) is 9.53 Å². The third kappa shape index (κ3) is 6.78. The van der Waals surface area contributed by atoms with Crippen LogP contribution < -0.4 is 0 Å². The number of hydrogen-bond acceptors (Lipinski definition) is 3. The molecule has 5 saturated carbocycles. The van der Waals surface area contributed by atoms with Crippen molar-refractivity contribution in [3.05, 3.63) is 12.7 Å². The quantitative estimate of drug-likeness (QED) is 0.260. The molecule has 0 spiro atoms. The Balaban J connectivity index is 1.20. The molecule has 0 radical (unpaired) electrons. The maximum atomic E-state index is 11.8. The second-order valence-electron chi connectivity index (χ2n) is 13.5. The second kappa shape index (κ2) is 13.3. The highest BCUT2D eigenvalue weighted by Gasteiger charge is 2.40. The van der Waals surface area contributed by atoms with Gasteiger partial charge in [0, 0.05) is 24.2 Å². The van der Waals surface area contributed by atoms with Crippen LogP contribution in [-0.4, -0.2) is 35.1 Å². The lowest BCUT2D eigenvalue weighted by atomic mass is 9.70. The third-order valence-electron chi connectivity index (χ3n) is 11.5. The summed E-state index contributed by atoms with van der Waals surface area (Å²) in [6.07, 6.45) is 32.6. The van der Waals surface area contributed by atoms with Crippen molar-refractivity contribution in [3.63, 3.8) is 0 Å². The van der Waals surface area contributed by atoms with Gasteiger partial charge in [-0.05, 0) is 101 Å². The summed E-state index contributed by atoms with van der Waals surface area (Å²) in [5.74, 6) is 3.86. The molecule has 0 N–H and O–H groups in total. The Bertz CT molecular complexity index is 632. The molecule has 0 aliphatic heterocycles. The van der Waals surface area contributed by atoms with E-state index >= 15 is 0 Å². The molecule has 0 bridgehead atoms. The molecule has 5 aliphatic carbocycles. The van der Waals surface area contributed by atoms with Crippen LogP contribution in [0.2, 0.25) is 0 Å². The number of ether oxygens (including phenoxy) is 1. The topological polar surface area (TPSA) is 29.5 Å². The molecule has 5 rings (SSSR count). The standard InChI is InChI=1S/C33H55NO2/c1-2-33(35)36-32-23-21-31(22-24-32)34(29-17-13-27(14-18-29)25-9-5-3-6-10-25)30-19-15-28(16-20-30)26-11-7-4-8-12-26/h2,25-32H,1,3-24H2. The lowest BCUT2D eigenvalue weighted by molar-refractivity contribution is -0.145. The molecule has 0 amide bonds. The van der Waals surface area contributed by atoms with E-state index in [-0.39, 0.29) is 12.1 Å². The van der Waals surface area contributed by atoms with Gasteiger partial charge in [-0.3, -0.25) is 4.90 Å². The van der Waals surface area contributed by atoms with Gasteiger partial charge in [0.15, 0.2) is 0 Å². The number of carbonyl (C=O) groups excluding carboxylic acids is 1. The Labute approximate surface area is 222 Å². The number of carbonyl (C=O) groups is 1. The van der Waals surface area contributed by atoms with Gasteiger partial charge in [-0.25, -0.2) is 4.79 Å². The summed E-state index contributed by atoms with van der Waals surface area (Å²) >= 11 is 0. The van der Waals surface area contributed by atoms with Crippen molar-refractivity contribution in [2.24, 2.45) is 23.7 Å². The highest BCUT2D eigenvalue weighted by molar-refractivity contribution is 5.81. The molecule has 3 heteroatoms.